The maximum atomic E-state index is 12.4. The van der Waals surface area contributed by atoms with Crippen LogP contribution in [-0.4, -0.2) is 24.5 Å². The van der Waals surface area contributed by atoms with Gasteiger partial charge in [0.1, 0.15) is 0 Å². The SMILES string of the molecule is N[C@H](CN1CCC1)c1ccc(C(F)(F)F)cc1. The van der Waals surface area contributed by atoms with Gasteiger partial charge >= 0.3 is 6.18 Å². The molecule has 0 bridgehead atoms. The van der Waals surface area contributed by atoms with Crippen molar-refractivity contribution in [3.8, 4) is 0 Å². The number of halogens is 3. The molecule has 1 aliphatic rings. The summed E-state index contributed by atoms with van der Waals surface area (Å²) >= 11 is 0. The Labute approximate surface area is 98.2 Å². The van der Waals surface area contributed by atoms with Gasteiger partial charge in [0, 0.05) is 12.6 Å². The molecule has 1 heterocycles. The fourth-order valence-corrected chi connectivity index (χ4v) is 1.87. The zero-order valence-electron chi connectivity index (χ0n) is 9.37. The first-order chi connectivity index (χ1) is 7.97. The number of alkyl halides is 3. The standard InChI is InChI=1S/C12H15F3N2/c13-12(14,15)10-4-2-9(3-5-10)11(16)8-17-6-1-7-17/h2-5,11H,1,6-8,16H2/t11-/m1/s1. The van der Waals surface area contributed by atoms with E-state index in [9.17, 15) is 13.2 Å². The fraction of sp³-hybridized carbons (Fsp3) is 0.500. The molecule has 0 amide bonds. The van der Waals surface area contributed by atoms with Crippen molar-refractivity contribution in [1.82, 2.24) is 4.90 Å². The van der Waals surface area contributed by atoms with E-state index in [1.807, 2.05) is 0 Å². The van der Waals surface area contributed by atoms with Crippen LogP contribution in [0.2, 0.25) is 0 Å². The molecule has 2 nitrogen and oxygen atoms in total. The van der Waals surface area contributed by atoms with Crippen molar-refractivity contribution in [3.05, 3.63) is 35.4 Å². The molecule has 0 radical (unpaired) electrons. The lowest BCUT2D eigenvalue weighted by Gasteiger charge is -2.33. The van der Waals surface area contributed by atoms with Crippen LogP contribution in [0.5, 0.6) is 0 Å². The average Bonchev–Trinajstić information content (AvgIpc) is 2.22. The van der Waals surface area contributed by atoms with Crippen LogP contribution in [0.4, 0.5) is 13.2 Å². The Hall–Kier alpha value is -1.07. The first-order valence-electron chi connectivity index (χ1n) is 5.62. The van der Waals surface area contributed by atoms with E-state index in [-0.39, 0.29) is 6.04 Å². The topological polar surface area (TPSA) is 29.3 Å². The minimum atomic E-state index is -4.28. The summed E-state index contributed by atoms with van der Waals surface area (Å²) in [6, 6.07) is 4.90. The van der Waals surface area contributed by atoms with Crippen LogP contribution in [0.15, 0.2) is 24.3 Å². The van der Waals surface area contributed by atoms with Gasteiger partial charge in [-0.25, -0.2) is 0 Å². The largest absolute Gasteiger partial charge is 0.416 e. The smallest absolute Gasteiger partial charge is 0.323 e. The van der Waals surface area contributed by atoms with E-state index in [2.05, 4.69) is 4.90 Å². The highest BCUT2D eigenvalue weighted by molar-refractivity contribution is 5.26. The van der Waals surface area contributed by atoms with Crippen LogP contribution in [0.1, 0.15) is 23.6 Å². The van der Waals surface area contributed by atoms with E-state index in [1.165, 1.54) is 18.6 Å². The zero-order chi connectivity index (χ0) is 12.5. The van der Waals surface area contributed by atoms with E-state index < -0.39 is 11.7 Å². The number of likely N-dealkylation sites (tertiary alicyclic amines) is 1. The van der Waals surface area contributed by atoms with Crippen LogP contribution < -0.4 is 5.73 Å². The highest BCUT2D eigenvalue weighted by atomic mass is 19.4. The normalized spacial score (nSPS) is 18.8. The molecule has 2 rings (SSSR count). The van der Waals surface area contributed by atoms with Crippen molar-refractivity contribution in [2.24, 2.45) is 5.73 Å². The Morgan fingerprint density at radius 3 is 2.18 bits per heavy atom. The monoisotopic (exact) mass is 244 g/mol. The molecule has 0 aliphatic carbocycles. The Morgan fingerprint density at radius 2 is 1.76 bits per heavy atom. The minimum absolute atomic E-state index is 0.211. The zero-order valence-corrected chi connectivity index (χ0v) is 9.37. The highest BCUT2D eigenvalue weighted by Crippen LogP contribution is 2.29. The van der Waals surface area contributed by atoms with Gasteiger partial charge in [-0.3, -0.25) is 0 Å². The predicted molar refractivity (Wildman–Crippen MR) is 59.4 cm³/mol. The number of benzene rings is 1. The van der Waals surface area contributed by atoms with Gasteiger partial charge in [-0.05, 0) is 37.2 Å². The molecule has 1 fully saturated rings. The lowest BCUT2D eigenvalue weighted by molar-refractivity contribution is -0.137. The third kappa shape index (κ3) is 2.98. The van der Waals surface area contributed by atoms with E-state index >= 15 is 0 Å². The van der Waals surface area contributed by atoms with Gasteiger partial charge in [-0.1, -0.05) is 12.1 Å². The second-order valence-electron chi connectivity index (χ2n) is 4.38. The molecular formula is C12H15F3N2. The Kier molecular flexibility index (Phi) is 3.40. The van der Waals surface area contributed by atoms with E-state index in [0.717, 1.165) is 30.8 Å². The summed E-state index contributed by atoms with van der Waals surface area (Å²) in [5.74, 6) is 0. The van der Waals surface area contributed by atoms with Crippen LogP contribution >= 0.6 is 0 Å². The summed E-state index contributed by atoms with van der Waals surface area (Å²) in [4.78, 5) is 2.20. The van der Waals surface area contributed by atoms with E-state index in [1.54, 1.807) is 0 Å². The Bertz CT molecular complexity index is 368. The number of hydrogen-bond acceptors (Lipinski definition) is 2. The molecule has 2 N–H and O–H groups in total. The van der Waals surface area contributed by atoms with Gasteiger partial charge in [0.2, 0.25) is 0 Å². The second-order valence-corrected chi connectivity index (χ2v) is 4.38. The fourth-order valence-electron chi connectivity index (χ4n) is 1.87. The first kappa shape index (κ1) is 12.4. The molecule has 0 unspecified atom stereocenters. The molecule has 0 saturated carbocycles. The van der Waals surface area contributed by atoms with Crippen molar-refractivity contribution in [1.29, 1.82) is 0 Å². The van der Waals surface area contributed by atoms with Crippen LogP contribution in [0.3, 0.4) is 0 Å². The lowest BCUT2D eigenvalue weighted by atomic mass is 10.0. The summed E-state index contributed by atoms with van der Waals surface area (Å²) < 4.78 is 37.1. The van der Waals surface area contributed by atoms with Gasteiger partial charge in [-0.2, -0.15) is 13.2 Å². The molecule has 0 aromatic heterocycles. The quantitative estimate of drug-likeness (QED) is 0.884. The number of hydrogen-bond donors (Lipinski definition) is 1. The molecule has 1 aliphatic heterocycles. The van der Waals surface area contributed by atoms with Gasteiger partial charge in [0.25, 0.3) is 0 Å². The van der Waals surface area contributed by atoms with Crippen molar-refractivity contribution in [2.45, 2.75) is 18.6 Å². The lowest BCUT2D eigenvalue weighted by Crippen LogP contribution is -2.41. The third-order valence-electron chi connectivity index (χ3n) is 3.07. The van der Waals surface area contributed by atoms with Crippen LogP contribution in [0.25, 0.3) is 0 Å². The van der Waals surface area contributed by atoms with E-state index in [4.69, 9.17) is 5.73 Å². The van der Waals surface area contributed by atoms with Crippen LogP contribution in [-0.2, 0) is 6.18 Å². The van der Waals surface area contributed by atoms with Gasteiger partial charge < -0.3 is 10.6 Å². The molecule has 1 aromatic carbocycles. The maximum absolute atomic E-state index is 12.4. The molecule has 1 saturated heterocycles. The van der Waals surface area contributed by atoms with Crippen molar-refractivity contribution < 1.29 is 13.2 Å². The Balaban J connectivity index is 2.01. The molecule has 0 spiro atoms. The number of nitrogens with two attached hydrogens (primary N) is 1. The molecular weight excluding hydrogens is 229 g/mol. The number of rotatable bonds is 3. The average molecular weight is 244 g/mol. The van der Waals surface area contributed by atoms with Crippen molar-refractivity contribution in [2.75, 3.05) is 19.6 Å². The molecule has 5 heteroatoms. The first-order valence-corrected chi connectivity index (χ1v) is 5.62. The maximum Gasteiger partial charge on any atom is 0.416 e. The molecule has 17 heavy (non-hydrogen) atoms. The summed E-state index contributed by atoms with van der Waals surface area (Å²) in [5, 5.41) is 0. The number of nitrogens with zero attached hydrogens (tertiary/aromatic N) is 1. The Morgan fingerprint density at radius 1 is 1.18 bits per heavy atom. The summed E-state index contributed by atoms with van der Waals surface area (Å²) in [7, 11) is 0. The van der Waals surface area contributed by atoms with Crippen molar-refractivity contribution >= 4 is 0 Å². The predicted octanol–water partition coefficient (Wildman–Crippen LogP) is 2.41. The van der Waals surface area contributed by atoms with E-state index in [0.29, 0.717) is 6.54 Å². The van der Waals surface area contributed by atoms with Gasteiger partial charge in [0.05, 0.1) is 5.56 Å². The van der Waals surface area contributed by atoms with Gasteiger partial charge in [-0.15, -0.1) is 0 Å². The minimum Gasteiger partial charge on any atom is -0.323 e. The third-order valence-corrected chi connectivity index (χ3v) is 3.07. The van der Waals surface area contributed by atoms with Crippen molar-refractivity contribution in [3.63, 3.8) is 0 Å². The summed E-state index contributed by atoms with van der Waals surface area (Å²) in [6.45, 7) is 2.79. The van der Waals surface area contributed by atoms with Gasteiger partial charge in [0.15, 0.2) is 0 Å². The molecule has 1 atom stereocenters. The molecule has 1 aromatic rings. The molecule has 94 valence electrons. The summed E-state index contributed by atoms with van der Waals surface area (Å²) in [6.07, 6.45) is -3.10. The summed E-state index contributed by atoms with van der Waals surface area (Å²) in [5.41, 5.74) is 6.07. The van der Waals surface area contributed by atoms with Crippen LogP contribution in [0, 0.1) is 0 Å². The second kappa shape index (κ2) is 4.66. The highest BCUT2D eigenvalue weighted by Gasteiger charge is 2.30.